The van der Waals surface area contributed by atoms with E-state index in [1.807, 2.05) is 0 Å². The first-order valence-electron chi connectivity index (χ1n) is 6.04. The first-order chi connectivity index (χ1) is 9.17. The number of rotatable bonds is 7. The van der Waals surface area contributed by atoms with Gasteiger partial charge in [-0.2, -0.15) is 0 Å². The molecule has 6 heteroatoms. The first kappa shape index (κ1) is 15.0. The van der Waals surface area contributed by atoms with Crippen LogP contribution < -0.4 is 15.8 Å². The highest BCUT2D eigenvalue weighted by Gasteiger charge is 2.06. The Labute approximate surface area is 111 Å². The number of carbonyl (C=O) groups is 2. The molecule has 104 valence electrons. The van der Waals surface area contributed by atoms with Gasteiger partial charge in [-0.3, -0.25) is 4.79 Å². The van der Waals surface area contributed by atoms with Gasteiger partial charge in [0.2, 0.25) is 0 Å². The van der Waals surface area contributed by atoms with Crippen molar-refractivity contribution in [2.45, 2.75) is 6.92 Å². The van der Waals surface area contributed by atoms with Crippen LogP contribution in [0.5, 0.6) is 5.75 Å². The van der Waals surface area contributed by atoms with Gasteiger partial charge in [0.05, 0.1) is 6.61 Å². The maximum atomic E-state index is 11.6. The van der Waals surface area contributed by atoms with Crippen LogP contribution >= 0.6 is 0 Å². The summed E-state index contributed by atoms with van der Waals surface area (Å²) in [6, 6.07) is 6.48. The maximum Gasteiger partial charge on any atom is 0.344 e. The zero-order chi connectivity index (χ0) is 14.1. The van der Waals surface area contributed by atoms with E-state index in [0.29, 0.717) is 31.0 Å². The van der Waals surface area contributed by atoms with Gasteiger partial charge < -0.3 is 20.5 Å². The number of esters is 1. The molecule has 1 aromatic carbocycles. The third-order valence-corrected chi connectivity index (χ3v) is 2.21. The van der Waals surface area contributed by atoms with E-state index in [1.165, 1.54) is 0 Å². The quantitative estimate of drug-likeness (QED) is 0.693. The van der Waals surface area contributed by atoms with E-state index in [1.54, 1.807) is 31.2 Å². The summed E-state index contributed by atoms with van der Waals surface area (Å²) in [5, 5.41) is 2.66. The summed E-state index contributed by atoms with van der Waals surface area (Å²) in [5.41, 5.74) is 5.80. The Morgan fingerprint density at radius 3 is 2.53 bits per heavy atom. The van der Waals surface area contributed by atoms with E-state index in [-0.39, 0.29) is 12.5 Å². The number of amides is 1. The molecule has 0 saturated heterocycles. The predicted octanol–water partition coefficient (Wildman–Crippen LogP) is 0.317. The minimum atomic E-state index is -0.424. The molecule has 0 heterocycles. The summed E-state index contributed by atoms with van der Waals surface area (Å²) in [5.74, 6) is -0.113. The molecule has 0 aliphatic carbocycles. The number of nitrogens with two attached hydrogens (primary N) is 1. The number of carbonyl (C=O) groups excluding carboxylic acids is 2. The second-order valence-electron chi connectivity index (χ2n) is 3.66. The molecule has 0 unspecified atom stereocenters. The van der Waals surface area contributed by atoms with E-state index < -0.39 is 5.97 Å². The van der Waals surface area contributed by atoms with Gasteiger partial charge >= 0.3 is 5.97 Å². The third kappa shape index (κ3) is 5.39. The Morgan fingerprint density at radius 2 is 1.95 bits per heavy atom. The van der Waals surface area contributed by atoms with Gasteiger partial charge in [-0.05, 0) is 31.2 Å². The lowest BCUT2D eigenvalue weighted by Gasteiger charge is -2.07. The Hall–Kier alpha value is -2.08. The van der Waals surface area contributed by atoms with Crippen molar-refractivity contribution < 1.29 is 19.1 Å². The minimum absolute atomic E-state index is 0.146. The molecule has 19 heavy (non-hydrogen) atoms. The molecule has 0 atom stereocenters. The maximum absolute atomic E-state index is 11.6. The predicted molar refractivity (Wildman–Crippen MR) is 70.0 cm³/mol. The number of hydrogen-bond donors (Lipinski definition) is 2. The fourth-order valence-corrected chi connectivity index (χ4v) is 1.34. The summed E-state index contributed by atoms with van der Waals surface area (Å²) in [6.45, 7) is 2.73. The van der Waals surface area contributed by atoms with Gasteiger partial charge in [0.15, 0.2) is 6.61 Å². The topological polar surface area (TPSA) is 90.6 Å². The lowest BCUT2D eigenvalue weighted by atomic mass is 10.2. The van der Waals surface area contributed by atoms with Crippen LogP contribution in [0.3, 0.4) is 0 Å². The molecule has 6 nitrogen and oxygen atoms in total. The van der Waals surface area contributed by atoms with Crippen molar-refractivity contribution in [1.82, 2.24) is 5.32 Å². The van der Waals surface area contributed by atoms with Crippen molar-refractivity contribution in [3.63, 3.8) is 0 Å². The summed E-state index contributed by atoms with van der Waals surface area (Å²) < 4.78 is 9.94. The molecule has 0 aliphatic rings. The van der Waals surface area contributed by atoms with Crippen LogP contribution in [-0.4, -0.2) is 38.2 Å². The highest BCUT2D eigenvalue weighted by Crippen LogP contribution is 2.12. The van der Waals surface area contributed by atoms with Gasteiger partial charge in [-0.15, -0.1) is 0 Å². The largest absolute Gasteiger partial charge is 0.482 e. The summed E-state index contributed by atoms with van der Waals surface area (Å²) in [4.78, 5) is 22.7. The summed E-state index contributed by atoms with van der Waals surface area (Å²) in [6.07, 6.45) is 0. The van der Waals surface area contributed by atoms with E-state index in [0.717, 1.165) is 0 Å². The molecule has 1 amide bonds. The fourth-order valence-electron chi connectivity index (χ4n) is 1.34. The molecule has 0 spiro atoms. The minimum Gasteiger partial charge on any atom is -0.482 e. The molecule has 0 bridgehead atoms. The molecule has 1 rings (SSSR count). The second-order valence-corrected chi connectivity index (χ2v) is 3.66. The highest BCUT2D eigenvalue weighted by atomic mass is 16.6. The number of benzene rings is 1. The van der Waals surface area contributed by atoms with Crippen LogP contribution in [-0.2, 0) is 9.53 Å². The van der Waals surface area contributed by atoms with Crippen molar-refractivity contribution in [3.05, 3.63) is 29.8 Å². The van der Waals surface area contributed by atoms with Gasteiger partial charge in [-0.1, -0.05) is 0 Å². The molecular formula is C13H18N2O4. The molecule has 0 fully saturated rings. The Balaban J connectivity index is 2.47. The molecule has 0 aliphatic heterocycles. The molecule has 0 aromatic heterocycles. The summed E-state index contributed by atoms with van der Waals surface area (Å²) >= 11 is 0. The Bertz CT molecular complexity index is 417. The van der Waals surface area contributed by atoms with Crippen LogP contribution in [0.1, 0.15) is 17.3 Å². The Kier molecular flexibility index (Phi) is 6.38. The lowest BCUT2D eigenvalue weighted by Crippen LogP contribution is -2.28. The second kappa shape index (κ2) is 8.10. The average Bonchev–Trinajstić information content (AvgIpc) is 2.43. The fraction of sp³-hybridized carbons (Fsp3) is 0.385. The van der Waals surface area contributed by atoms with Gasteiger partial charge in [0.1, 0.15) is 5.75 Å². The third-order valence-electron chi connectivity index (χ3n) is 2.21. The first-order valence-corrected chi connectivity index (χ1v) is 6.04. The van der Waals surface area contributed by atoms with Gasteiger partial charge in [0, 0.05) is 18.7 Å². The Morgan fingerprint density at radius 1 is 1.26 bits per heavy atom. The van der Waals surface area contributed by atoms with E-state index in [4.69, 9.17) is 15.2 Å². The van der Waals surface area contributed by atoms with E-state index in [9.17, 15) is 9.59 Å². The highest BCUT2D eigenvalue weighted by molar-refractivity contribution is 5.94. The van der Waals surface area contributed by atoms with Crippen molar-refractivity contribution in [2.24, 2.45) is 5.73 Å². The van der Waals surface area contributed by atoms with Crippen molar-refractivity contribution in [3.8, 4) is 5.75 Å². The number of nitrogens with one attached hydrogen (secondary N) is 1. The molecule has 0 radical (unpaired) electrons. The van der Waals surface area contributed by atoms with Gasteiger partial charge in [-0.25, -0.2) is 4.79 Å². The molecule has 1 aromatic rings. The van der Waals surface area contributed by atoms with Crippen molar-refractivity contribution in [1.29, 1.82) is 0 Å². The zero-order valence-electron chi connectivity index (χ0n) is 10.8. The monoisotopic (exact) mass is 266 g/mol. The number of hydrogen-bond acceptors (Lipinski definition) is 5. The molecular weight excluding hydrogens is 248 g/mol. The van der Waals surface area contributed by atoms with Crippen LogP contribution in [0.15, 0.2) is 24.3 Å². The normalized spacial score (nSPS) is 9.79. The molecule has 0 saturated carbocycles. The van der Waals surface area contributed by atoms with Crippen LogP contribution in [0.4, 0.5) is 0 Å². The summed E-state index contributed by atoms with van der Waals surface area (Å²) in [7, 11) is 0. The van der Waals surface area contributed by atoms with Crippen molar-refractivity contribution in [2.75, 3.05) is 26.3 Å². The van der Waals surface area contributed by atoms with Crippen molar-refractivity contribution >= 4 is 11.9 Å². The van der Waals surface area contributed by atoms with Crippen LogP contribution in [0.2, 0.25) is 0 Å². The van der Waals surface area contributed by atoms with E-state index in [2.05, 4.69) is 5.32 Å². The van der Waals surface area contributed by atoms with E-state index >= 15 is 0 Å². The zero-order valence-corrected chi connectivity index (χ0v) is 10.8. The molecule has 3 N–H and O–H groups in total. The smallest absolute Gasteiger partial charge is 0.344 e. The van der Waals surface area contributed by atoms with Gasteiger partial charge in [0.25, 0.3) is 5.91 Å². The average molecular weight is 266 g/mol. The standard InChI is InChI=1S/C13H18N2O4/c1-2-18-12(16)9-19-11-5-3-10(4-6-11)13(17)15-8-7-14/h3-6H,2,7-9,14H2,1H3,(H,15,17). The van der Waals surface area contributed by atoms with Crippen LogP contribution in [0.25, 0.3) is 0 Å². The number of ether oxygens (including phenoxy) is 2. The SMILES string of the molecule is CCOC(=O)COc1ccc(C(=O)NCCN)cc1. The van der Waals surface area contributed by atoms with Crippen LogP contribution in [0, 0.1) is 0 Å². The lowest BCUT2D eigenvalue weighted by molar-refractivity contribution is -0.145.